The number of aromatic nitrogens is 6. The molecule has 212 valence electrons. The lowest BCUT2D eigenvalue weighted by molar-refractivity contribution is 0.783. The Labute approximate surface area is 242 Å². The number of rotatable bonds is 4. The summed E-state index contributed by atoms with van der Waals surface area (Å²) in [7, 11) is 0. The van der Waals surface area contributed by atoms with Crippen molar-refractivity contribution >= 4 is 45.0 Å². The van der Waals surface area contributed by atoms with Crippen LogP contribution in [0.1, 0.15) is 75.9 Å². The SMILES string of the molecule is [C-]#[N+]c1ccc2c(c1)nc1[nH]c(C(C)C)c(CC)c(=O)n12.[C-]#[N+]c1ccc2nc3[nH]c(C(C)C)c(CC)c(=O)n3c2c1. The smallest absolute Gasteiger partial charge is 0.262 e. The van der Waals surface area contributed by atoms with E-state index in [1.807, 2.05) is 13.8 Å². The maximum Gasteiger partial charge on any atom is 0.262 e. The van der Waals surface area contributed by atoms with Gasteiger partial charge in [0.1, 0.15) is 0 Å². The summed E-state index contributed by atoms with van der Waals surface area (Å²) in [6.45, 7) is 26.4. The van der Waals surface area contributed by atoms with E-state index >= 15 is 0 Å². The highest BCUT2D eigenvalue weighted by atomic mass is 16.1. The van der Waals surface area contributed by atoms with Gasteiger partial charge in [0.15, 0.2) is 11.4 Å². The lowest BCUT2D eigenvalue weighted by atomic mass is 10.0. The van der Waals surface area contributed by atoms with Gasteiger partial charge in [0.25, 0.3) is 11.1 Å². The summed E-state index contributed by atoms with van der Waals surface area (Å²) >= 11 is 0. The van der Waals surface area contributed by atoms with Gasteiger partial charge in [-0.3, -0.25) is 9.59 Å². The molecule has 0 aliphatic carbocycles. The second-order valence-electron chi connectivity index (χ2n) is 10.8. The summed E-state index contributed by atoms with van der Waals surface area (Å²) in [5.41, 5.74) is 7.25. The molecule has 0 fully saturated rings. The molecule has 0 atom stereocenters. The lowest BCUT2D eigenvalue weighted by Gasteiger charge is -2.11. The third-order valence-corrected chi connectivity index (χ3v) is 7.46. The monoisotopic (exact) mass is 560 g/mol. The molecule has 10 nitrogen and oxygen atoms in total. The number of hydrogen-bond acceptors (Lipinski definition) is 4. The Morgan fingerprint density at radius 3 is 1.69 bits per heavy atom. The first-order valence-corrected chi connectivity index (χ1v) is 14.0. The number of H-pyrrole nitrogens is 2. The molecular formula is C32H32N8O2. The molecule has 2 aromatic carbocycles. The molecular weight excluding hydrogens is 528 g/mol. The predicted molar refractivity (Wildman–Crippen MR) is 166 cm³/mol. The van der Waals surface area contributed by atoms with Gasteiger partial charge in [0.05, 0.1) is 35.2 Å². The lowest BCUT2D eigenvalue weighted by Crippen LogP contribution is -2.22. The normalized spacial score (nSPS) is 11.4. The van der Waals surface area contributed by atoms with E-state index in [0.29, 0.717) is 46.8 Å². The zero-order valence-electron chi connectivity index (χ0n) is 24.5. The molecule has 0 aliphatic heterocycles. The van der Waals surface area contributed by atoms with E-state index in [1.165, 1.54) is 0 Å². The van der Waals surface area contributed by atoms with E-state index < -0.39 is 0 Å². The van der Waals surface area contributed by atoms with Gasteiger partial charge >= 0.3 is 0 Å². The molecule has 2 N–H and O–H groups in total. The van der Waals surface area contributed by atoms with Crippen molar-refractivity contribution in [3.8, 4) is 0 Å². The number of fused-ring (bicyclic) bond motifs is 6. The standard InChI is InChI=1S/2C16H16N4O/c1-5-11-14(9(2)3)19-16-18-12-8-10(17-4)6-7-13(12)20(16)15(11)21;1-5-11-14(9(2)3)19-16-18-12-7-6-10(17-4)8-13(12)20(16)15(11)21/h2*6-9H,5H2,1-3H3,(H,18,19). The number of nitrogens with one attached hydrogen (secondary N) is 2. The molecule has 0 saturated heterocycles. The predicted octanol–water partition coefficient (Wildman–Crippen LogP) is 6.82. The minimum atomic E-state index is -0.0421. The number of aromatic amines is 2. The van der Waals surface area contributed by atoms with Gasteiger partial charge in [-0.15, -0.1) is 0 Å². The molecule has 0 unspecified atom stereocenters. The van der Waals surface area contributed by atoms with Crippen LogP contribution in [-0.2, 0) is 12.8 Å². The van der Waals surface area contributed by atoms with Gasteiger partial charge in [-0.1, -0.05) is 53.7 Å². The first-order valence-electron chi connectivity index (χ1n) is 14.0. The van der Waals surface area contributed by atoms with E-state index in [9.17, 15) is 9.59 Å². The zero-order chi connectivity index (χ0) is 30.3. The summed E-state index contributed by atoms with van der Waals surface area (Å²) in [5.74, 6) is 1.54. The maximum atomic E-state index is 12.8. The second-order valence-corrected chi connectivity index (χ2v) is 10.8. The van der Waals surface area contributed by atoms with Crippen molar-refractivity contribution in [3.63, 3.8) is 0 Å². The molecule has 0 spiro atoms. The number of imidazole rings is 2. The van der Waals surface area contributed by atoms with Crippen LogP contribution in [0.25, 0.3) is 43.3 Å². The Morgan fingerprint density at radius 1 is 0.714 bits per heavy atom. The third kappa shape index (κ3) is 4.61. The van der Waals surface area contributed by atoms with Crippen LogP contribution in [-0.4, -0.2) is 28.7 Å². The summed E-state index contributed by atoms with van der Waals surface area (Å²) in [6, 6.07) is 10.4. The van der Waals surface area contributed by atoms with Gasteiger partial charge in [0.2, 0.25) is 11.6 Å². The summed E-state index contributed by atoms with van der Waals surface area (Å²) in [6.07, 6.45) is 1.35. The van der Waals surface area contributed by atoms with Gasteiger partial charge < -0.3 is 9.97 Å². The van der Waals surface area contributed by atoms with Gasteiger partial charge in [-0.2, -0.15) is 0 Å². The quantitative estimate of drug-likeness (QED) is 0.231. The Kier molecular flexibility index (Phi) is 7.40. The van der Waals surface area contributed by atoms with Crippen LogP contribution in [0.15, 0.2) is 46.0 Å². The number of hydrogen-bond donors (Lipinski definition) is 2. The summed E-state index contributed by atoms with van der Waals surface area (Å²) < 4.78 is 3.18. The molecule has 0 radical (unpaired) electrons. The average molecular weight is 561 g/mol. The number of benzene rings is 2. The van der Waals surface area contributed by atoms with E-state index in [-0.39, 0.29) is 23.0 Å². The van der Waals surface area contributed by atoms with E-state index in [2.05, 4.69) is 57.3 Å². The molecule has 4 heterocycles. The first-order chi connectivity index (χ1) is 20.1. The molecule has 0 amide bonds. The molecule has 6 aromatic rings. The fourth-order valence-electron chi connectivity index (χ4n) is 5.41. The highest BCUT2D eigenvalue weighted by Crippen LogP contribution is 2.24. The van der Waals surface area contributed by atoms with Gasteiger partial charge in [-0.05, 0) is 48.9 Å². The third-order valence-electron chi connectivity index (χ3n) is 7.46. The van der Waals surface area contributed by atoms with E-state index in [4.69, 9.17) is 13.1 Å². The van der Waals surface area contributed by atoms with Crippen LogP contribution in [0, 0.1) is 13.1 Å². The first kappa shape index (κ1) is 28.3. The molecule has 0 bridgehead atoms. The van der Waals surface area contributed by atoms with Crippen LogP contribution in [0.5, 0.6) is 0 Å². The van der Waals surface area contributed by atoms with Gasteiger partial charge in [0, 0.05) is 22.5 Å². The van der Waals surface area contributed by atoms with Crippen LogP contribution in [0.2, 0.25) is 0 Å². The molecule has 0 saturated carbocycles. The largest absolute Gasteiger partial charge is 0.328 e. The Bertz CT molecular complexity index is 2180. The average Bonchev–Trinajstić information content (AvgIpc) is 3.54. The van der Waals surface area contributed by atoms with Crippen molar-refractivity contribution < 1.29 is 0 Å². The fourth-order valence-corrected chi connectivity index (χ4v) is 5.41. The summed E-state index contributed by atoms with van der Waals surface area (Å²) in [4.78, 5) is 47.9. The second kappa shape index (κ2) is 11.0. The van der Waals surface area contributed by atoms with Crippen molar-refractivity contribution in [2.24, 2.45) is 0 Å². The molecule has 4 aromatic heterocycles. The van der Waals surface area contributed by atoms with Gasteiger partial charge in [-0.25, -0.2) is 28.5 Å². The topological polar surface area (TPSA) is 109 Å². The molecule has 42 heavy (non-hydrogen) atoms. The minimum absolute atomic E-state index is 0.0204. The summed E-state index contributed by atoms with van der Waals surface area (Å²) in [5, 5.41) is 0. The van der Waals surface area contributed by atoms with Crippen LogP contribution < -0.4 is 11.1 Å². The Morgan fingerprint density at radius 2 is 1.19 bits per heavy atom. The maximum absolute atomic E-state index is 12.8. The highest BCUT2D eigenvalue weighted by Gasteiger charge is 2.18. The fraction of sp³-hybridized carbons (Fsp3) is 0.312. The molecule has 0 aliphatic rings. The Hall–Kier alpha value is -5.22. The highest BCUT2D eigenvalue weighted by molar-refractivity contribution is 5.84. The minimum Gasteiger partial charge on any atom is -0.328 e. The van der Waals surface area contributed by atoms with Crippen molar-refractivity contribution in [1.82, 2.24) is 28.7 Å². The van der Waals surface area contributed by atoms with E-state index in [0.717, 1.165) is 33.5 Å². The van der Waals surface area contributed by atoms with Crippen LogP contribution in [0.3, 0.4) is 0 Å². The van der Waals surface area contributed by atoms with Crippen molar-refractivity contribution in [3.05, 3.63) is 102 Å². The van der Waals surface area contributed by atoms with Crippen LogP contribution in [0.4, 0.5) is 11.4 Å². The Balaban J connectivity index is 0.000000168. The van der Waals surface area contributed by atoms with Crippen molar-refractivity contribution in [1.29, 1.82) is 0 Å². The molecule has 6 rings (SSSR count). The zero-order valence-corrected chi connectivity index (χ0v) is 24.5. The van der Waals surface area contributed by atoms with Crippen molar-refractivity contribution in [2.45, 2.75) is 66.2 Å². The van der Waals surface area contributed by atoms with Crippen LogP contribution >= 0.6 is 0 Å². The molecule has 10 heteroatoms. The van der Waals surface area contributed by atoms with E-state index in [1.54, 1.807) is 45.2 Å². The van der Waals surface area contributed by atoms with Crippen molar-refractivity contribution in [2.75, 3.05) is 0 Å². The number of nitrogens with zero attached hydrogens (tertiary/aromatic N) is 6.